The van der Waals surface area contributed by atoms with Gasteiger partial charge < -0.3 is 82.3 Å². The van der Waals surface area contributed by atoms with Gasteiger partial charge in [-0.1, -0.05) is 243 Å². The molecule has 0 saturated carbocycles. The van der Waals surface area contributed by atoms with Gasteiger partial charge in [0.25, 0.3) is 0 Å². The lowest BCUT2D eigenvalue weighted by atomic mass is 10.4. The second kappa shape index (κ2) is 28.1. The van der Waals surface area contributed by atoms with Crippen LogP contribution in [-0.2, 0) is 82.3 Å². The Bertz CT molecular complexity index is 2920. The molecule has 92 heavy (non-hydrogen) atoms. The average molecular weight is 1510 g/mol. The van der Waals surface area contributed by atoms with E-state index in [9.17, 15) is 0 Å². The molecule has 0 unspecified atom stereocenters. The maximum absolute atomic E-state index is 7.93. The smallest absolute Gasteiger partial charge is 0.390 e. The monoisotopic (exact) mass is 1500 g/mol. The number of rotatable bonds is 24. The summed E-state index contributed by atoms with van der Waals surface area (Å²) in [5.41, 5.74) is 0. The fraction of sp³-hybridized carbons (Fsp3) is 0.143. The molecule has 8 radical (unpaired) electrons. The molecule has 6 aliphatic heterocycles. The third kappa shape index (κ3) is 15.1. The molecule has 36 heteroatoms. The van der Waals surface area contributed by atoms with Gasteiger partial charge in [0.15, 0.2) is 0 Å². The molecule has 6 fully saturated rings. The summed E-state index contributed by atoms with van der Waals surface area (Å²) in [7, 11) is -63.2. The molecule has 8 aromatic carbocycles. The van der Waals surface area contributed by atoms with Gasteiger partial charge in [0, 0.05) is 0 Å². The van der Waals surface area contributed by atoms with E-state index in [4.69, 9.17) is 82.3 Å². The quantitative estimate of drug-likeness (QED) is 0.0788. The van der Waals surface area contributed by atoms with Gasteiger partial charge in [0.1, 0.15) is 0 Å². The van der Waals surface area contributed by atoms with Gasteiger partial charge in [-0.3, -0.25) is 0 Å². The van der Waals surface area contributed by atoms with Crippen LogP contribution in [0.3, 0.4) is 0 Å². The molecule has 472 valence electrons. The Hall–Kier alpha value is -3.57. The molecule has 0 N–H and O–H groups in total. The molecule has 0 aliphatic carbocycles. The number of benzene rings is 8. The van der Waals surface area contributed by atoms with Gasteiger partial charge in [0.2, 0.25) is 72.3 Å². The van der Waals surface area contributed by atoms with E-state index in [2.05, 4.69) is 0 Å². The first-order valence-electron chi connectivity index (χ1n) is 29.5. The fourth-order valence-corrected chi connectivity index (χ4v) is 72.0. The predicted molar refractivity (Wildman–Crippen MR) is 369 cm³/mol. The number of hydrogen-bond donors (Lipinski definition) is 0. The van der Waals surface area contributed by atoms with E-state index < -0.39 is 145 Å². The van der Waals surface area contributed by atoms with Crippen molar-refractivity contribution in [2.45, 2.75) is 52.4 Å². The predicted octanol–water partition coefficient (Wildman–Crippen LogP) is 4.10. The van der Waals surface area contributed by atoms with Gasteiger partial charge in [-0.05, 0) is 93.9 Å². The van der Waals surface area contributed by atoms with Gasteiger partial charge in [-0.2, -0.15) is 0 Å². The zero-order valence-corrected chi connectivity index (χ0v) is 67.3. The Labute approximate surface area is 559 Å². The Kier molecular flexibility index (Phi) is 20.5. The van der Waals surface area contributed by atoms with Crippen LogP contribution in [0.4, 0.5) is 0 Å². The van der Waals surface area contributed by atoms with Crippen LogP contribution in [-0.4, -0.2) is 145 Å². The maximum atomic E-state index is 7.93. The summed E-state index contributed by atoms with van der Waals surface area (Å²) < 4.78 is 156. The molecule has 0 amide bonds. The van der Waals surface area contributed by atoms with Crippen LogP contribution >= 0.6 is 0 Å². The van der Waals surface area contributed by atoms with Crippen molar-refractivity contribution in [1.29, 1.82) is 0 Å². The van der Waals surface area contributed by atoms with Crippen molar-refractivity contribution in [1.82, 2.24) is 0 Å². The molecule has 20 nitrogen and oxygen atoms in total. The molecular formula is C56H64O20Si16. The molecule has 0 aromatic heterocycles. The highest BCUT2D eigenvalue weighted by atomic mass is 28.7. The Balaban J connectivity index is 1.15. The molecule has 6 heterocycles. The SMILES string of the molecule is C[Si](O[Si]12O[Si]3(O[Si](C)c4ccccc4)O[Si]4(O[Si](C)c5ccccc5)O[Si](O[Si](C)c5ccccc5)(O1)O[Si]1(O[Si](C)c5ccccc5)O[Si](O[Si](C)c5ccccc5)(O2)O[Si](O[Si](C)c2ccccc2)(O3)O[Si](O[Si](C)c2ccccc2)(O4)O1)c1ccccc1. The topological polar surface area (TPSA) is 185 Å². The van der Waals surface area contributed by atoms with E-state index in [1.165, 1.54) is 0 Å². The minimum absolute atomic E-state index is 0.796. The van der Waals surface area contributed by atoms with E-state index in [0.29, 0.717) is 0 Å². The maximum Gasteiger partial charge on any atom is 0.651 e. The van der Waals surface area contributed by atoms with Crippen molar-refractivity contribution in [2.75, 3.05) is 0 Å². The van der Waals surface area contributed by atoms with Gasteiger partial charge in [-0.15, -0.1) is 0 Å². The first-order valence-corrected chi connectivity index (χ1v) is 57.8. The summed E-state index contributed by atoms with van der Waals surface area (Å²) in [5, 5.41) is 6.37. The zero-order valence-electron chi connectivity index (χ0n) is 51.3. The normalized spacial score (nSPS) is 28.5. The third-order valence-corrected chi connectivity index (χ3v) is 65.6. The molecule has 6 saturated heterocycles. The lowest BCUT2D eigenvalue weighted by Crippen LogP contribution is -2.92. The Morgan fingerprint density at radius 1 is 0.163 bits per heavy atom. The minimum Gasteiger partial charge on any atom is -0.390 e. The molecule has 8 aromatic rings. The van der Waals surface area contributed by atoms with E-state index in [-0.39, 0.29) is 0 Å². The molecule has 6 aliphatic rings. The zero-order chi connectivity index (χ0) is 63.7. The first-order chi connectivity index (χ1) is 44.4. The lowest BCUT2D eigenvalue weighted by molar-refractivity contribution is -0.127. The highest BCUT2D eigenvalue weighted by molar-refractivity contribution is 7.03. The second-order valence-electron chi connectivity index (χ2n) is 21.4. The fourth-order valence-electron chi connectivity index (χ4n) is 10.2. The molecule has 0 atom stereocenters. The molecule has 0 spiro atoms. The van der Waals surface area contributed by atoms with Crippen LogP contribution in [0.1, 0.15) is 0 Å². The molecule has 8 bridgehead atoms. The Morgan fingerprint density at radius 2 is 0.250 bits per heavy atom. The lowest BCUT2D eigenvalue weighted by Gasteiger charge is -2.59. The first kappa shape index (κ1) is 67.0. The third-order valence-electron chi connectivity index (χ3n) is 14.7. The van der Waals surface area contributed by atoms with Gasteiger partial charge in [0.05, 0.1) is 0 Å². The van der Waals surface area contributed by atoms with Gasteiger partial charge >= 0.3 is 72.4 Å². The standard InChI is InChI=1S/C56H64O20Si16/c1-77(49-33-17-9-18-34-49)57-85-65-86(58-78(2)50-35-19-10-20-36-50)68-89(61-81(5)53-41-25-13-26-42-53)70-87(66-85,59-79(3)51-37-21-11-22-38-51)72-91(63-83(7)55-45-29-15-30-46-55)73-88(67-85,60-80(4)52-39-23-12-24-40-52)71-90(69-86,62-82(6)54-43-27-14-28-44-54)75-92(74-89,76-91)64-84(8)56-47-31-16-32-48-56/h9-48H,1-8H3. The summed E-state index contributed by atoms with van der Waals surface area (Å²) in [6.07, 6.45) is 0. The Morgan fingerprint density at radius 3 is 0.337 bits per heavy atom. The van der Waals surface area contributed by atoms with E-state index in [1.807, 2.05) is 295 Å². The van der Waals surface area contributed by atoms with Crippen molar-refractivity contribution in [2.24, 2.45) is 0 Å². The van der Waals surface area contributed by atoms with Crippen LogP contribution in [0.5, 0.6) is 0 Å². The van der Waals surface area contributed by atoms with Crippen LogP contribution < -0.4 is 41.5 Å². The van der Waals surface area contributed by atoms with Crippen molar-refractivity contribution in [3.8, 4) is 0 Å². The number of hydrogen-bond acceptors (Lipinski definition) is 20. The van der Waals surface area contributed by atoms with E-state index >= 15 is 0 Å². The van der Waals surface area contributed by atoms with Crippen molar-refractivity contribution in [3.05, 3.63) is 243 Å². The van der Waals surface area contributed by atoms with Gasteiger partial charge in [-0.25, -0.2) is 0 Å². The highest BCUT2D eigenvalue weighted by Gasteiger charge is 2.92. The van der Waals surface area contributed by atoms with Crippen molar-refractivity contribution >= 4 is 186 Å². The summed E-state index contributed by atoms with van der Waals surface area (Å²) >= 11 is 0. The van der Waals surface area contributed by atoms with Crippen molar-refractivity contribution < 1.29 is 82.3 Å². The highest BCUT2D eigenvalue weighted by Crippen LogP contribution is 2.51. The van der Waals surface area contributed by atoms with E-state index in [1.54, 1.807) is 0 Å². The molecular weight excluding hydrogens is 1440 g/mol. The van der Waals surface area contributed by atoms with Crippen LogP contribution in [0.15, 0.2) is 243 Å². The minimum atomic E-state index is -5.52. The molecule has 14 rings (SSSR count). The van der Waals surface area contributed by atoms with E-state index in [0.717, 1.165) is 41.5 Å². The van der Waals surface area contributed by atoms with Crippen molar-refractivity contribution in [3.63, 3.8) is 0 Å². The van der Waals surface area contributed by atoms with Crippen LogP contribution in [0, 0.1) is 0 Å². The summed E-state index contributed by atoms with van der Waals surface area (Å²) in [6, 6.07) is 77.5. The van der Waals surface area contributed by atoms with Crippen LogP contribution in [0.2, 0.25) is 52.4 Å². The van der Waals surface area contributed by atoms with Crippen LogP contribution in [0.25, 0.3) is 0 Å². The summed E-state index contributed by atoms with van der Waals surface area (Å²) in [6.45, 7) is 15.5. The largest absolute Gasteiger partial charge is 0.651 e. The second-order valence-corrected chi connectivity index (χ2v) is 59.3. The summed E-state index contributed by atoms with van der Waals surface area (Å²) in [4.78, 5) is 0. The average Bonchev–Trinajstić information content (AvgIpc) is 0.683. The summed E-state index contributed by atoms with van der Waals surface area (Å²) in [5.74, 6) is 0.